The van der Waals surface area contributed by atoms with Gasteiger partial charge in [-0.1, -0.05) is 94.7 Å². The zero-order valence-corrected chi connectivity index (χ0v) is 21.3. The zero-order chi connectivity index (χ0) is 22.2. The molecule has 1 heteroatoms. The molecule has 1 atom stereocenters. The van der Waals surface area contributed by atoms with Crippen molar-refractivity contribution >= 4 is 20.3 Å². The second-order valence-electron chi connectivity index (χ2n) is 9.47. The van der Waals surface area contributed by atoms with Crippen LogP contribution >= 0.6 is 0 Å². The summed E-state index contributed by atoms with van der Waals surface area (Å²) in [6, 6.07) is 27.3. The number of benzene rings is 3. The van der Waals surface area contributed by atoms with Gasteiger partial charge in [0.15, 0.2) is 0 Å². The van der Waals surface area contributed by atoms with E-state index < -0.39 is 9.52 Å². The monoisotopic (exact) mass is 422 g/mol. The summed E-state index contributed by atoms with van der Waals surface area (Å²) in [5, 5.41) is 1.67. The third-order valence-electron chi connectivity index (χ3n) is 7.30. The summed E-state index contributed by atoms with van der Waals surface area (Å²) in [4.78, 5) is 0. The highest BCUT2D eigenvalue weighted by Gasteiger charge is 2.43. The SMILES string of the molecule is CC1=C(C)C(Cc2ccccc2C)([SiH2]c2cc(C)cc(C)c2)C(c2ccccc2)=C1C. The molecule has 1 aliphatic rings. The van der Waals surface area contributed by atoms with Gasteiger partial charge in [-0.3, -0.25) is 0 Å². The summed E-state index contributed by atoms with van der Waals surface area (Å²) >= 11 is 0. The molecule has 4 rings (SSSR count). The van der Waals surface area contributed by atoms with E-state index in [9.17, 15) is 0 Å². The predicted molar refractivity (Wildman–Crippen MR) is 139 cm³/mol. The molecule has 3 aromatic carbocycles. The lowest BCUT2D eigenvalue weighted by Gasteiger charge is -2.36. The average molecular weight is 423 g/mol. The highest BCUT2D eigenvalue weighted by atomic mass is 28.2. The van der Waals surface area contributed by atoms with E-state index in [1.165, 1.54) is 39.0 Å². The fourth-order valence-electron chi connectivity index (χ4n) is 5.63. The largest absolute Gasteiger partial charge is 0.0718 e. The van der Waals surface area contributed by atoms with Crippen molar-refractivity contribution in [3.63, 3.8) is 0 Å². The number of allylic oxidation sites excluding steroid dienone is 4. The van der Waals surface area contributed by atoms with Crippen LogP contribution in [0.15, 0.2) is 89.5 Å². The molecule has 31 heavy (non-hydrogen) atoms. The van der Waals surface area contributed by atoms with Crippen LogP contribution in [-0.4, -0.2) is 9.52 Å². The highest BCUT2D eigenvalue weighted by molar-refractivity contribution is 6.61. The first-order valence-corrected chi connectivity index (χ1v) is 12.8. The molecule has 3 aromatic rings. The second-order valence-corrected chi connectivity index (χ2v) is 11.9. The van der Waals surface area contributed by atoms with E-state index in [4.69, 9.17) is 0 Å². The molecule has 0 aliphatic heterocycles. The summed E-state index contributed by atoms with van der Waals surface area (Å²) in [5.41, 5.74) is 13.2. The Morgan fingerprint density at radius 1 is 0.677 bits per heavy atom. The van der Waals surface area contributed by atoms with Gasteiger partial charge in [-0.2, -0.15) is 0 Å². The number of hydrogen-bond acceptors (Lipinski definition) is 0. The summed E-state index contributed by atoms with van der Waals surface area (Å²) in [6.45, 7) is 13.8. The minimum Gasteiger partial charge on any atom is -0.0650 e. The second kappa shape index (κ2) is 8.47. The molecule has 0 saturated carbocycles. The third kappa shape index (κ3) is 3.99. The lowest BCUT2D eigenvalue weighted by Crippen LogP contribution is -2.33. The molecule has 0 fully saturated rings. The molecule has 0 amide bonds. The highest BCUT2D eigenvalue weighted by Crippen LogP contribution is 2.58. The summed E-state index contributed by atoms with van der Waals surface area (Å²) < 4.78 is 0. The van der Waals surface area contributed by atoms with E-state index in [-0.39, 0.29) is 5.04 Å². The topological polar surface area (TPSA) is 0 Å². The molecule has 0 nitrogen and oxygen atoms in total. The van der Waals surface area contributed by atoms with Crippen molar-refractivity contribution in [3.05, 3.63) is 117 Å². The minimum atomic E-state index is -0.662. The maximum absolute atomic E-state index is 2.44. The van der Waals surface area contributed by atoms with E-state index >= 15 is 0 Å². The minimum absolute atomic E-state index is 0.0991. The average Bonchev–Trinajstić information content (AvgIpc) is 2.90. The Morgan fingerprint density at radius 2 is 1.29 bits per heavy atom. The van der Waals surface area contributed by atoms with Crippen LogP contribution in [-0.2, 0) is 6.42 Å². The predicted octanol–water partition coefficient (Wildman–Crippen LogP) is 6.63. The molecule has 158 valence electrons. The van der Waals surface area contributed by atoms with Crippen molar-refractivity contribution < 1.29 is 0 Å². The molecule has 0 radical (unpaired) electrons. The van der Waals surface area contributed by atoms with Crippen LogP contribution in [0, 0.1) is 20.8 Å². The smallest absolute Gasteiger partial charge is 0.0650 e. The molecule has 0 spiro atoms. The van der Waals surface area contributed by atoms with Crippen molar-refractivity contribution in [3.8, 4) is 0 Å². The van der Waals surface area contributed by atoms with Gasteiger partial charge in [0.05, 0.1) is 9.52 Å². The van der Waals surface area contributed by atoms with E-state index in [0.717, 1.165) is 6.42 Å². The van der Waals surface area contributed by atoms with Crippen LogP contribution in [0.2, 0.25) is 5.04 Å². The summed E-state index contributed by atoms with van der Waals surface area (Å²) in [7, 11) is -0.662. The third-order valence-corrected chi connectivity index (χ3v) is 9.85. The van der Waals surface area contributed by atoms with Crippen molar-refractivity contribution in [2.75, 3.05) is 0 Å². The van der Waals surface area contributed by atoms with Gasteiger partial charge in [0.2, 0.25) is 0 Å². The Labute approximate surface area is 190 Å². The van der Waals surface area contributed by atoms with Crippen LogP contribution in [0.25, 0.3) is 5.57 Å². The normalized spacial score (nSPS) is 19.2. The molecule has 0 heterocycles. The van der Waals surface area contributed by atoms with E-state index in [0.29, 0.717) is 0 Å². The Bertz CT molecular complexity index is 1160. The number of hydrogen-bond donors (Lipinski definition) is 0. The standard InChI is InChI=1S/C30H34Si/c1-20-16-21(2)18-28(17-20)31-30(19-27-15-11-10-12-22(27)3)25(6)23(4)24(5)29(30)26-13-8-7-9-14-26/h7-18H,19,31H2,1-6H3. The Balaban J connectivity index is 1.95. The van der Waals surface area contributed by atoms with Gasteiger partial charge in [-0.25, -0.2) is 0 Å². The molecule has 1 unspecified atom stereocenters. The molecule has 0 N–H and O–H groups in total. The molecular weight excluding hydrogens is 388 g/mol. The number of rotatable bonds is 5. The number of aryl methyl sites for hydroxylation is 3. The fraction of sp³-hybridized carbons (Fsp3) is 0.267. The van der Waals surface area contributed by atoms with Crippen LogP contribution in [0.3, 0.4) is 0 Å². The first kappa shape index (κ1) is 21.6. The lowest BCUT2D eigenvalue weighted by molar-refractivity contribution is 0.792. The van der Waals surface area contributed by atoms with Crippen LogP contribution < -0.4 is 5.19 Å². The molecule has 1 aliphatic carbocycles. The Hall–Kier alpha value is -2.64. The van der Waals surface area contributed by atoms with E-state index in [1.54, 1.807) is 16.3 Å². The summed E-state index contributed by atoms with van der Waals surface area (Å²) in [6.07, 6.45) is 1.09. The first-order valence-electron chi connectivity index (χ1n) is 11.4. The van der Waals surface area contributed by atoms with Crippen LogP contribution in [0.5, 0.6) is 0 Å². The van der Waals surface area contributed by atoms with Crippen molar-refractivity contribution in [2.45, 2.75) is 53.0 Å². The zero-order valence-electron chi connectivity index (χ0n) is 19.8. The van der Waals surface area contributed by atoms with Crippen molar-refractivity contribution in [2.24, 2.45) is 0 Å². The van der Waals surface area contributed by atoms with E-state index in [1.807, 2.05) is 0 Å². The van der Waals surface area contributed by atoms with Gasteiger partial charge in [0.25, 0.3) is 0 Å². The first-order chi connectivity index (χ1) is 14.8. The van der Waals surface area contributed by atoms with Gasteiger partial charge in [0.1, 0.15) is 0 Å². The fourth-order valence-corrected chi connectivity index (χ4v) is 8.74. The summed E-state index contributed by atoms with van der Waals surface area (Å²) in [5.74, 6) is 0. The van der Waals surface area contributed by atoms with Gasteiger partial charge in [-0.05, 0) is 81.4 Å². The molecular formula is C30H34Si. The van der Waals surface area contributed by atoms with Crippen molar-refractivity contribution in [1.29, 1.82) is 0 Å². The lowest BCUT2D eigenvalue weighted by atomic mass is 9.83. The maximum Gasteiger partial charge on any atom is 0.0718 e. The van der Waals surface area contributed by atoms with Crippen LogP contribution in [0.4, 0.5) is 0 Å². The molecule has 0 saturated heterocycles. The Kier molecular flexibility index (Phi) is 5.90. The van der Waals surface area contributed by atoms with E-state index in [2.05, 4.69) is 114 Å². The van der Waals surface area contributed by atoms with Gasteiger partial charge in [0, 0.05) is 5.04 Å². The quantitative estimate of drug-likeness (QED) is 0.405. The Morgan fingerprint density at radius 3 is 1.94 bits per heavy atom. The van der Waals surface area contributed by atoms with Gasteiger partial charge < -0.3 is 0 Å². The van der Waals surface area contributed by atoms with Crippen molar-refractivity contribution in [1.82, 2.24) is 0 Å². The molecule has 0 bridgehead atoms. The maximum atomic E-state index is 2.44. The molecule has 0 aromatic heterocycles. The van der Waals surface area contributed by atoms with Crippen LogP contribution in [0.1, 0.15) is 48.6 Å². The van der Waals surface area contributed by atoms with Gasteiger partial charge >= 0.3 is 0 Å². The van der Waals surface area contributed by atoms with Gasteiger partial charge in [-0.15, -0.1) is 0 Å².